The van der Waals surface area contributed by atoms with E-state index in [1.54, 1.807) is 0 Å². The lowest BCUT2D eigenvalue weighted by Gasteiger charge is -2.04. The first-order valence-electron chi connectivity index (χ1n) is 4.22. The highest BCUT2D eigenvalue weighted by molar-refractivity contribution is 5.22. The number of hydrogen-bond donors (Lipinski definition) is 0. The van der Waals surface area contributed by atoms with Crippen molar-refractivity contribution in [3.05, 3.63) is 48.2 Å². The second-order valence-corrected chi connectivity index (χ2v) is 3.16. The van der Waals surface area contributed by atoms with Gasteiger partial charge in [-0.25, -0.2) is 0 Å². The zero-order valence-electron chi connectivity index (χ0n) is 6.99. The van der Waals surface area contributed by atoms with Crippen molar-refractivity contribution >= 4 is 0 Å². The van der Waals surface area contributed by atoms with Gasteiger partial charge in [-0.1, -0.05) is 36.9 Å². The molecule has 62 valence electrons. The van der Waals surface area contributed by atoms with Crippen molar-refractivity contribution in [1.82, 2.24) is 0 Å². The van der Waals surface area contributed by atoms with E-state index in [1.165, 1.54) is 5.56 Å². The Kier molecular flexibility index (Phi) is 1.86. The van der Waals surface area contributed by atoms with Crippen molar-refractivity contribution in [3.8, 4) is 0 Å². The summed E-state index contributed by atoms with van der Waals surface area (Å²) in [7, 11) is 0. The lowest BCUT2D eigenvalue weighted by atomic mass is 9.98. The molecule has 1 aliphatic rings. The SMILES string of the molecule is C=C1CC(c2ccccc2)CO1. The van der Waals surface area contributed by atoms with Gasteiger partial charge in [-0.15, -0.1) is 0 Å². The quantitative estimate of drug-likeness (QED) is 0.613. The Labute approximate surface area is 72.7 Å². The molecular weight excluding hydrogens is 148 g/mol. The van der Waals surface area contributed by atoms with E-state index in [1.807, 2.05) is 6.07 Å². The molecule has 2 rings (SSSR count). The number of ether oxygens (including phenoxy) is 1. The van der Waals surface area contributed by atoms with Crippen molar-refractivity contribution in [1.29, 1.82) is 0 Å². The fraction of sp³-hybridized carbons (Fsp3) is 0.273. The van der Waals surface area contributed by atoms with Gasteiger partial charge in [0.1, 0.15) is 0 Å². The maximum atomic E-state index is 5.33. The fourth-order valence-corrected chi connectivity index (χ4v) is 1.55. The third-order valence-corrected chi connectivity index (χ3v) is 2.23. The van der Waals surface area contributed by atoms with E-state index in [9.17, 15) is 0 Å². The smallest absolute Gasteiger partial charge is 0.0949 e. The molecule has 0 bridgehead atoms. The van der Waals surface area contributed by atoms with Crippen molar-refractivity contribution in [2.75, 3.05) is 6.61 Å². The van der Waals surface area contributed by atoms with Crippen LogP contribution in [0.1, 0.15) is 17.9 Å². The molecule has 1 fully saturated rings. The maximum absolute atomic E-state index is 5.33. The Hall–Kier alpha value is -1.24. The van der Waals surface area contributed by atoms with Crippen LogP contribution in [-0.2, 0) is 4.74 Å². The largest absolute Gasteiger partial charge is 0.498 e. The second-order valence-electron chi connectivity index (χ2n) is 3.16. The Morgan fingerprint density at radius 3 is 2.58 bits per heavy atom. The van der Waals surface area contributed by atoms with Crippen molar-refractivity contribution in [2.45, 2.75) is 12.3 Å². The van der Waals surface area contributed by atoms with Gasteiger partial charge in [-0.2, -0.15) is 0 Å². The normalized spacial score (nSPS) is 22.3. The lowest BCUT2D eigenvalue weighted by molar-refractivity contribution is 0.257. The molecule has 1 aromatic carbocycles. The standard InChI is InChI=1S/C11H12O/c1-9-7-11(8-12-9)10-5-3-2-4-6-10/h2-6,11H,1,7-8H2. The van der Waals surface area contributed by atoms with E-state index in [-0.39, 0.29) is 0 Å². The summed E-state index contributed by atoms with van der Waals surface area (Å²) in [5.41, 5.74) is 1.36. The number of benzene rings is 1. The van der Waals surface area contributed by atoms with Crippen LogP contribution in [-0.4, -0.2) is 6.61 Å². The molecule has 0 saturated carbocycles. The van der Waals surface area contributed by atoms with Crippen molar-refractivity contribution in [3.63, 3.8) is 0 Å². The molecule has 0 radical (unpaired) electrons. The van der Waals surface area contributed by atoms with Gasteiger partial charge in [0, 0.05) is 12.3 Å². The third kappa shape index (κ3) is 1.35. The number of rotatable bonds is 1. The number of allylic oxidation sites excluding steroid dienone is 1. The minimum atomic E-state index is 0.527. The van der Waals surface area contributed by atoms with E-state index < -0.39 is 0 Å². The summed E-state index contributed by atoms with van der Waals surface area (Å²) in [5.74, 6) is 1.45. The monoisotopic (exact) mass is 160 g/mol. The highest BCUT2D eigenvalue weighted by atomic mass is 16.5. The summed E-state index contributed by atoms with van der Waals surface area (Å²) in [6, 6.07) is 10.5. The molecule has 0 aliphatic carbocycles. The van der Waals surface area contributed by atoms with Gasteiger partial charge in [-0.3, -0.25) is 0 Å². The summed E-state index contributed by atoms with van der Waals surface area (Å²) in [6.07, 6.45) is 0.976. The Bertz CT molecular complexity index is 276. The van der Waals surface area contributed by atoms with Gasteiger partial charge in [-0.05, 0) is 5.56 Å². The predicted molar refractivity (Wildman–Crippen MR) is 48.9 cm³/mol. The first-order valence-corrected chi connectivity index (χ1v) is 4.22. The lowest BCUT2D eigenvalue weighted by Crippen LogP contribution is -1.95. The zero-order valence-corrected chi connectivity index (χ0v) is 6.99. The second kappa shape index (κ2) is 3.02. The fourth-order valence-electron chi connectivity index (χ4n) is 1.55. The third-order valence-electron chi connectivity index (χ3n) is 2.23. The Morgan fingerprint density at radius 2 is 2.00 bits per heavy atom. The summed E-state index contributed by atoms with van der Waals surface area (Å²) in [4.78, 5) is 0. The molecule has 1 heterocycles. The Morgan fingerprint density at radius 1 is 1.25 bits per heavy atom. The molecule has 0 N–H and O–H groups in total. The Balaban J connectivity index is 2.16. The van der Waals surface area contributed by atoms with E-state index in [4.69, 9.17) is 4.74 Å². The molecule has 0 aromatic heterocycles. The molecule has 1 saturated heterocycles. The molecule has 1 unspecified atom stereocenters. The summed E-state index contributed by atoms with van der Waals surface area (Å²) < 4.78 is 5.33. The van der Waals surface area contributed by atoms with Gasteiger partial charge >= 0.3 is 0 Å². The molecule has 0 amide bonds. The molecular formula is C11H12O. The van der Waals surface area contributed by atoms with Crippen LogP contribution in [0.3, 0.4) is 0 Å². The van der Waals surface area contributed by atoms with Gasteiger partial charge in [0.25, 0.3) is 0 Å². The van der Waals surface area contributed by atoms with Crippen LogP contribution < -0.4 is 0 Å². The molecule has 1 aromatic rings. The number of hydrogen-bond acceptors (Lipinski definition) is 1. The molecule has 0 spiro atoms. The molecule has 1 nitrogen and oxygen atoms in total. The first-order chi connectivity index (χ1) is 5.86. The van der Waals surface area contributed by atoms with Gasteiger partial charge in [0.2, 0.25) is 0 Å². The van der Waals surface area contributed by atoms with Crippen LogP contribution in [0.5, 0.6) is 0 Å². The minimum absolute atomic E-state index is 0.527. The van der Waals surface area contributed by atoms with Crippen LogP contribution in [0.25, 0.3) is 0 Å². The average molecular weight is 160 g/mol. The summed E-state index contributed by atoms with van der Waals surface area (Å²) in [5, 5.41) is 0. The topological polar surface area (TPSA) is 9.23 Å². The molecule has 1 atom stereocenters. The van der Waals surface area contributed by atoms with Crippen LogP contribution in [0, 0.1) is 0 Å². The van der Waals surface area contributed by atoms with Gasteiger partial charge < -0.3 is 4.74 Å². The summed E-state index contributed by atoms with van der Waals surface area (Å²) >= 11 is 0. The van der Waals surface area contributed by atoms with Crippen LogP contribution in [0.15, 0.2) is 42.7 Å². The molecule has 1 aliphatic heterocycles. The van der Waals surface area contributed by atoms with Crippen molar-refractivity contribution < 1.29 is 4.74 Å². The molecule has 1 heteroatoms. The van der Waals surface area contributed by atoms with Gasteiger partial charge in [0.05, 0.1) is 12.4 Å². The highest BCUT2D eigenvalue weighted by Gasteiger charge is 2.20. The van der Waals surface area contributed by atoms with E-state index in [0.29, 0.717) is 5.92 Å². The van der Waals surface area contributed by atoms with E-state index in [0.717, 1.165) is 18.8 Å². The van der Waals surface area contributed by atoms with Crippen molar-refractivity contribution in [2.24, 2.45) is 0 Å². The van der Waals surface area contributed by atoms with E-state index >= 15 is 0 Å². The minimum Gasteiger partial charge on any atom is -0.498 e. The predicted octanol–water partition coefficient (Wildman–Crippen LogP) is 2.70. The molecule has 12 heavy (non-hydrogen) atoms. The summed E-state index contributed by atoms with van der Waals surface area (Å²) in [6.45, 7) is 4.60. The zero-order chi connectivity index (χ0) is 8.39. The highest BCUT2D eigenvalue weighted by Crippen LogP contribution is 2.30. The van der Waals surface area contributed by atoms with Gasteiger partial charge in [0.15, 0.2) is 0 Å². The van der Waals surface area contributed by atoms with Crippen LogP contribution >= 0.6 is 0 Å². The average Bonchev–Trinajstić information content (AvgIpc) is 2.54. The maximum Gasteiger partial charge on any atom is 0.0949 e. The van der Waals surface area contributed by atoms with Crippen LogP contribution in [0.4, 0.5) is 0 Å². The van der Waals surface area contributed by atoms with Crippen LogP contribution in [0.2, 0.25) is 0 Å². The van der Waals surface area contributed by atoms with E-state index in [2.05, 4.69) is 30.8 Å². The first kappa shape index (κ1) is 7.41.